The molecule has 4 N–H and O–H groups in total. The van der Waals surface area contributed by atoms with E-state index in [4.69, 9.17) is 11.5 Å². The van der Waals surface area contributed by atoms with Crippen molar-refractivity contribution in [2.45, 2.75) is 21.3 Å². The normalized spacial score (nSPS) is 13.9. The number of hydrogen-bond acceptors (Lipinski definition) is 2. The molecule has 0 aromatic rings. The van der Waals surface area contributed by atoms with Crippen LogP contribution in [-0.2, 0) is 21.1 Å². The molecule has 5 heteroatoms. The van der Waals surface area contributed by atoms with Gasteiger partial charge >= 0.3 is 0 Å². The Labute approximate surface area is 110 Å². The third-order valence-corrected chi connectivity index (χ3v) is 3.31. The Balaban J connectivity index is 0. The molecule has 2 nitrogen and oxygen atoms in total. The van der Waals surface area contributed by atoms with Crippen molar-refractivity contribution < 1.29 is 21.1 Å². The van der Waals surface area contributed by atoms with Gasteiger partial charge in [0, 0.05) is 21.1 Å². The summed E-state index contributed by atoms with van der Waals surface area (Å²) in [6.07, 6.45) is 2.14. The Morgan fingerprint density at radius 2 is 1.91 bits per heavy atom. The second kappa shape index (κ2) is 7.47. The van der Waals surface area contributed by atoms with Gasteiger partial charge in [-0.15, -0.1) is 0 Å². The summed E-state index contributed by atoms with van der Waals surface area (Å²) < 4.78 is -0.121. The van der Waals surface area contributed by atoms with Crippen molar-refractivity contribution in [2.75, 3.05) is 6.54 Å². The summed E-state index contributed by atoms with van der Waals surface area (Å²) in [6, 6.07) is 0. The molecule has 1 unspecified atom stereocenters. The van der Waals surface area contributed by atoms with Crippen LogP contribution < -0.4 is 11.5 Å². The number of nitrogens with two attached hydrogens (primary N) is 2. The molecule has 0 fully saturated rings. The van der Waals surface area contributed by atoms with Gasteiger partial charge in [-0.05, 0) is 70.5 Å². The van der Waals surface area contributed by atoms with Gasteiger partial charge in [0.2, 0.25) is 0 Å². The molecule has 0 aromatic carbocycles. The van der Waals surface area contributed by atoms with Crippen LogP contribution in [0, 0.1) is 5.92 Å². The van der Waals surface area contributed by atoms with Crippen LogP contribution in [0.3, 0.4) is 0 Å². The van der Waals surface area contributed by atoms with Gasteiger partial charge in [0.15, 0.2) is 0 Å². The molecule has 0 rings (SSSR count). The fourth-order valence-corrected chi connectivity index (χ4v) is 2.37. The Bertz CT molecular complexity index is 95.1. The molecule has 0 bridgehead atoms. The fraction of sp³-hybridized carbons (Fsp3) is 1.00. The van der Waals surface area contributed by atoms with Gasteiger partial charge in [-0.1, -0.05) is 6.92 Å². The summed E-state index contributed by atoms with van der Waals surface area (Å²) >= 11 is 4.54. The van der Waals surface area contributed by atoms with Crippen molar-refractivity contribution in [1.29, 1.82) is 0 Å². The molecule has 0 saturated carbocycles. The van der Waals surface area contributed by atoms with E-state index in [0.717, 1.165) is 19.4 Å². The van der Waals surface area contributed by atoms with E-state index in [9.17, 15) is 0 Å². The van der Waals surface area contributed by atoms with Gasteiger partial charge in [-0.25, -0.2) is 0 Å². The first-order chi connectivity index (χ1) is 4.52. The van der Waals surface area contributed by atoms with Crippen LogP contribution in [0.15, 0.2) is 0 Å². The predicted octanol–water partition coefficient (Wildman–Crippen LogP) is 1.84. The minimum atomic E-state index is -0.121. The largest absolute Gasteiger partial charge is 0.330 e. The molecule has 11 heavy (non-hydrogen) atoms. The van der Waals surface area contributed by atoms with Crippen LogP contribution in [0.25, 0.3) is 0 Å². The summed E-state index contributed by atoms with van der Waals surface area (Å²) in [6.45, 7) is 2.89. The Kier molecular flexibility index (Phi) is 10.6. The molecule has 0 aliphatic rings. The van der Waals surface area contributed by atoms with Gasteiger partial charge in [0.1, 0.15) is 1.55 Å². The van der Waals surface area contributed by atoms with Crippen molar-refractivity contribution in [1.82, 2.24) is 0 Å². The van der Waals surface area contributed by atoms with E-state index in [2.05, 4.69) is 52.1 Å². The Hall–Kier alpha value is 2.07. The van der Waals surface area contributed by atoms with Crippen molar-refractivity contribution in [3.63, 3.8) is 0 Å². The maximum Gasteiger partial charge on any atom is 0.123 e. The quantitative estimate of drug-likeness (QED) is 0.312. The van der Waals surface area contributed by atoms with Crippen molar-refractivity contribution in [3.05, 3.63) is 0 Å². The summed E-state index contributed by atoms with van der Waals surface area (Å²) in [5, 5.41) is 0. The third-order valence-electron chi connectivity index (χ3n) is 1.55. The van der Waals surface area contributed by atoms with E-state index >= 15 is 0 Å². The molecule has 0 heterocycles. The summed E-state index contributed by atoms with van der Waals surface area (Å²) in [4.78, 5) is 0. The van der Waals surface area contributed by atoms with Gasteiger partial charge < -0.3 is 11.5 Å². The van der Waals surface area contributed by atoms with E-state index in [1.54, 1.807) is 0 Å². The molecular weight excluding hydrogens is 549 g/mol. The van der Waals surface area contributed by atoms with E-state index < -0.39 is 0 Å². The second-order valence-corrected chi connectivity index (χ2v) is 7.99. The van der Waals surface area contributed by atoms with Crippen LogP contribution >= 0.6 is 45.2 Å². The average Bonchev–Trinajstić information content (AvgIpc) is 1.80. The summed E-state index contributed by atoms with van der Waals surface area (Å²) in [5.41, 5.74) is 11.3. The smallest absolute Gasteiger partial charge is 0.123 e. The maximum absolute atomic E-state index is 5.89. The minimum Gasteiger partial charge on any atom is -0.330 e. The second-order valence-electron chi connectivity index (χ2n) is 2.36. The van der Waals surface area contributed by atoms with E-state index in [1.807, 2.05) is 0 Å². The third kappa shape index (κ3) is 7.16. The molecule has 0 saturated heterocycles. The monoisotopic (exact) mass is 563 g/mol. The van der Waals surface area contributed by atoms with Crippen LogP contribution in [-0.4, -0.2) is 8.10 Å². The summed E-state index contributed by atoms with van der Waals surface area (Å²) in [7, 11) is 0. The number of rotatable bonds is 4. The standard InChI is InChI=1S/C6H14I2N2.Pt/c1-2-5(3-4-9)6(7,8)10;/h5H,2-4,9-10H2,1H3;. The minimum absolute atomic E-state index is 0. The Morgan fingerprint density at radius 1 is 1.45 bits per heavy atom. The van der Waals surface area contributed by atoms with Gasteiger partial charge in [0.05, 0.1) is 0 Å². The molecule has 0 radical (unpaired) electrons. The first-order valence-electron chi connectivity index (χ1n) is 3.39. The predicted molar refractivity (Wildman–Crippen MR) is 62.4 cm³/mol. The molecule has 0 spiro atoms. The molecule has 0 aliphatic carbocycles. The zero-order chi connectivity index (χ0) is 8.20. The SMILES string of the molecule is CCC(CCN)C(N)(I)I.[Pt]. The number of hydrogen-bond donors (Lipinski definition) is 2. The van der Waals surface area contributed by atoms with E-state index in [0.29, 0.717) is 5.92 Å². The Morgan fingerprint density at radius 3 is 2.00 bits per heavy atom. The van der Waals surface area contributed by atoms with Crippen LogP contribution in [0.1, 0.15) is 19.8 Å². The number of alkyl halides is 2. The zero-order valence-electron chi connectivity index (χ0n) is 6.43. The molecular formula is C6H14I2N2Pt. The first-order valence-corrected chi connectivity index (χ1v) is 5.54. The van der Waals surface area contributed by atoms with Gasteiger partial charge in [0.25, 0.3) is 0 Å². The zero-order valence-corrected chi connectivity index (χ0v) is 13.0. The fourth-order valence-electron chi connectivity index (χ4n) is 0.870. The van der Waals surface area contributed by atoms with Gasteiger partial charge in [-0.2, -0.15) is 0 Å². The average molecular weight is 563 g/mol. The van der Waals surface area contributed by atoms with Gasteiger partial charge in [-0.3, -0.25) is 0 Å². The topological polar surface area (TPSA) is 52.0 Å². The maximum atomic E-state index is 5.89. The van der Waals surface area contributed by atoms with Crippen LogP contribution in [0.2, 0.25) is 0 Å². The van der Waals surface area contributed by atoms with E-state index in [-0.39, 0.29) is 22.6 Å². The summed E-state index contributed by atoms with van der Waals surface area (Å²) in [5.74, 6) is 0.540. The first kappa shape index (κ1) is 15.5. The molecule has 0 aromatic heterocycles. The number of halogens is 2. The van der Waals surface area contributed by atoms with Crippen molar-refractivity contribution >= 4 is 45.2 Å². The van der Waals surface area contributed by atoms with Crippen LogP contribution in [0.5, 0.6) is 0 Å². The van der Waals surface area contributed by atoms with Crippen LogP contribution in [0.4, 0.5) is 0 Å². The molecule has 0 aliphatic heterocycles. The molecule has 0 amide bonds. The van der Waals surface area contributed by atoms with Crippen molar-refractivity contribution in [3.8, 4) is 0 Å². The molecule has 72 valence electrons. The molecule has 1 atom stereocenters. The van der Waals surface area contributed by atoms with E-state index in [1.165, 1.54) is 0 Å². The van der Waals surface area contributed by atoms with Crippen molar-refractivity contribution in [2.24, 2.45) is 17.4 Å².